The summed E-state index contributed by atoms with van der Waals surface area (Å²) in [5, 5.41) is 2.81. The van der Waals surface area contributed by atoms with Gasteiger partial charge in [-0.1, -0.05) is 24.3 Å². The average molecular weight is 403 g/mol. The molecule has 1 unspecified atom stereocenters. The molecule has 1 amide bonds. The molecule has 150 valence electrons. The molecule has 6 nitrogen and oxygen atoms in total. The molecule has 28 heavy (non-hydrogen) atoms. The van der Waals surface area contributed by atoms with Gasteiger partial charge in [0.2, 0.25) is 15.9 Å². The number of nitrogens with one attached hydrogen (secondary N) is 1. The second-order valence-electron chi connectivity index (χ2n) is 7.05. The minimum absolute atomic E-state index is 0.216. The molecule has 0 aliphatic carbocycles. The van der Waals surface area contributed by atoms with E-state index < -0.39 is 16.1 Å². The summed E-state index contributed by atoms with van der Waals surface area (Å²) in [4.78, 5) is 12.8. The number of carbonyl (C=O) groups is 1. The highest BCUT2D eigenvalue weighted by atomic mass is 32.2. The van der Waals surface area contributed by atoms with Crippen molar-refractivity contribution in [2.45, 2.75) is 37.6 Å². The molecule has 1 saturated heterocycles. The summed E-state index contributed by atoms with van der Waals surface area (Å²) in [7, 11) is -3.67. The summed E-state index contributed by atoms with van der Waals surface area (Å²) in [5.41, 5.74) is 2.23. The Hall–Kier alpha value is -2.38. The van der Waals surface area contributed by atoms with E-state index in [1.54, 1.807) is 30.3 Å². The summed E-state index contributed by atoms with van der Waals surface area (Å²) < 4.78 is 32.7. The lowest BCUT2D eigenvalue weighted by atomic mass is 10.1. The molecule has 0 spiro atoms. The molecule has 0 saturated carbocycles. The molecule has 1 fully saturated rings. The van der Waals surface area contributed by atoms with Gasteiger partial charge in [-0.25, -0.2) is 8.42 Å². The number of aryl methyl sites for hydroxylation is 2. The first-order valence-electron chi connectivity index (χ1n) is 9.43. The van der Waals surface area contributed by atoms with Crippen LogP contribution in [-0.4, -0.2) is 44.4 Å². The van der Waals surface area contributed by atoms with E-state index in [1.807, 2.05) is 26.0 Å². The van der Waals surface area contributed by atoms with Crippen molar-refractivity contribution in [1.29, 1.82) is 0 Å². The zero-order valence-electron chi connectivity index (χ0n) is 16.2. The van der Waals surface area contributed by atoms with Gasteiger partial charge in [0.25, 0.3) is 0 Å². The van der Waals surface area contributed by atoms with Crippen molar-refractivity contribution >= 4 is 15.9 Å². The van der Waals surface area contributed by atoms with Crippen LogP contribution in [-0.2, 0) is 14.8 Å². The minimum atomic E-state index is -3.67. The van der Waals surface area contributed by atoms with Crippen molar-refractivity contribution in [2.75, 3.05) is 19.7 Å². The van der Waals surface area contributed by atoms with Crippen LogP contribution in [0.5, 0.6) is 5.75 Å². The number of amides is 1. The quantitative estimate of drug-likeness (QED) is 0.723. The van der Waals surface area contributed by atoms with Crippen LogP contribution in [0.4, 0.5) is 0 Å². The minimum Gasteiger partial charge on any atom is -0.492 e. The maximum absolute atomic E-state index is 12.8. The van der Waals surface area contributed by atoms with Crippen LogP contribution in [0.3, 0.4) is 0 Å². The second-order valence-corrected chi connectivity index (χ2v) is 8.94. The maximum Gasteiger partial charge on any atom is 0.243 e. The summed E-state index contributed by atoms with van der Waals surface area (Å²) in [6.07, 6.45) is 1.19. The van der Waals surface area contributed by atoms with Gasteiger partial charge in [0, 0.05) is 6.54 Å². The number of ether oxygens (including phenoxy) is 1. The third-order valence-electron chi connectivity index (χ3n) is 4.72. The molecule has 0 aromatic heterocycles. The first kappa shape index (κ1) is 20.4. The fourth-order valence-corrected chi connectivity index (χ4v) is 5.17. The molecule has 1 atom stereocenters. The van der Waals surface area contributed by atoms with Crippen LogP contribution in [0.15, 0.2) is 53.4 Å². The van der Waals surface area contributed by atoms with Gasteiger partial charge in [0.15, 0.2) is 0 Å². The van der Waals surface area contributed by atoms with Gasteiger partial charge in [-0.2, -0.15) is 4.31 Å². The third-order valence-corrected chi connectivity index (χ3v) is 6.64. The van der Waals surface area contributed by atoms with Crippen LogP contribution in [0, 0.1) is 13.8 Å². The van der Waals surface area contributed by atoms with Crippen molar-refractivity contribution in [3.63, 3.8) is 0 Å². The van der Waals surface area contributed by atoms with Crippen LogP contribution in [0.2, 0.25) is 0 Å². The summed E-state index contributed by atoms with van der Waals surface area (Å²) in [6.45, 7) is 5.01. The van der Waals surface area contributed by atoms with Crippen LogP contribution in [0.1, 0.15) is 24.0 Å². The van der Waals surface area contributed by atoms with E-state index in [0.29, 0.717) is 32.5 Å². The number of nitrogens with zero attached hydrogens (tertiary/aromatic N) is 1. The number of carbonyl (C=O) groups excluding carboxylic acids is 1. The topological polar surface area (TPSA) is 75.7 Å². The van der Waals surface area contributed by atoms with Gasteiger partial charge in [-0.05, 0) is 62.1 Å². The fourth-order valence-electron chi connectivity index (χ4n) is 3.49. The molecule has 2 aromatic rings. The Balaban J connectivity index is 1.56. The lowest BCUT2D eigenvalue weighted by molar-refractivity contribution is -0.124. The maximum atomic E-state index is 12.8. The lowest BCUT2D eigenvalue weighted by Crippen LogP contribution is -2.46. The predicted molar refractivity (Wildman–Crippen MR) is 108 cm³/mol. The molecule has 1 aliphatic rings. The van der Waals surface area contributed by atoms with E-state index in [0.717, 1.165) is 16.9 Å². The Morgan fingerprint density at radius 3 is 2.50 bits per heavy atom. The molecule has 0 radical (unpaired) electrons. The summed E-state index contributed by atoms with van der Waals surface area (Å²) in [6, 6.07) is 13.5. The highest BCUT2D eigenvalue weighted by Crippen LogP contribution is 2.26. The zero-order chi connectivity index (χ0) is 20.1. The third kappa shape index (κ3) is 4.72. The molecule has 1 N–H and O–H groups in total. The van der Waals surface area contributed by atoms with Crippen molar-refractivity contribution < 1.29 is 17.9 Å². The van der Waals surface area contributed by atoms with Crippen molar-refractivity contribution in [3.8, 4) is 5.75 Å². The molecule has 0 bridgehead atoms. The molecule has 3 rings (SSSR count). The highest BCUT2D eigenvalue weighted by molar-refractivity contribution is 7.89. The molecule has 1 aliphatic heterocycles. The van der Waals surface area contributed by atoms with Gasteiger partial charge in [-0.15, -0.1) is 0 Å². The van der Waals surface area contributed by atoms with E-state index >= 15 is 0 Å². The number of rotatable bonds is 7. The normalized spacial score (nSPS) is 17.4. The molecular formula is C21H26N2O4S. The first-order chi connectivity index (χ1) is 13.4. The van der Waals surface area contributed by atoms with Gasteiger partial charge in [0.1, 0.15) is 18.4 Å². The van der Waals surface area contributed by atoms with Crippen LogP contribution in [0.25, 0.3) is 0 Å². The van der Waals surface area contributed by atoms with Gasteiger partial charge < -0.3 is 10.1 Å². The van der Waals surface area contributed by atoms with Crippen molar-refractivity contribution in [2.24, 2.45) is 0 Å². The molecule has 7 heteroatoms. The van der Waals surface area contributed by atoms with Crippen molar-refractivity contribution in [1.82, 2.24) is 9.62 Å². The largest absolute Gasteiger partial charge is 0.492 e. The van der Waals surface area contributed by atoms with Crippen LogP contribution < -0.4 is 10.1 Å². The lowest BCUT2D eigenvalue weighted by Gasteiger charge is -2.23. The van der Waals surface area contributed by atoms with E-state index in [4.69, 9.17) is 4.74 Å². The van der Waals surface area contributed by atoms with E-state index in [-0.39, 0.29) is 10.8 Å². The number of hydrogen-bond donors (Lipinski definition) is 1. The van der Waals surface area contributed by atoms with Gasteiger partial charge >= 0.3 is 0 Å². The Morgan fingerprint density at radius 1 is 1.14 bits per heavy atom. The summed E-state index contributed by atoms with van der Waals surface area (Å²) >= 11 is 0. The zero-order valence-corrected chi connectivity index (χ0v) is 17.0. The van der Waals surface area contributed by atoms with E-state index in [1.165, 1.54) is 4.31 Å². The van der Waals surface area contributed by atoms with Gasteiger partial charge in [-0.3, -0.25) is 4.79 Å². The summed E-state index contributed by atoms with van der Waals surface area (Å²) in [5.74, 6) is 0.488. The Bertz CT molecular complexity index is 908. The standard InChI is InChI=1S/C21H26N2O4S/c1-16-13-17(2)15-18(14-16)27-12-10-22-21(24)20-9-6-11-23(20)28(25,26)19-7-4-3-5-8-19/h3-5,7-8,13-15,20H,6,9-12H2,1-2H3,(H,22,24). The smallest absolute Gasteiger partial charge is 0.243 e. The fraction of sp³-hybridized carbons (Fsp3) is 0.381. The molecule has 2 aromatic carbocycles. The monoisotopic (exact) mass is 402 g/mol. The Labute approximate surface area is 166 Å². The Kier molecular flexibility index (Phi) is 6.36. The SMILES string of the molecule is Cc1cc(C)cc(OCCNC(=O)C2CCCN2S(=O)(=O)c2ccccc2)c1. The number of benzene rings is 2. The average Bonchev–Trinajstić information content (AvgIpc) is 3.16. The molecular weight excluding hydrogens is 376 g/mol. The molecule has 1 heterocycles. The number of sulfonamides is 1. The first-order valence-corrected chi connectivity index (χ1v) is 10.9. The second kappa shape index (κ2) is 8.75. The van der Waals surface area contributed by atoms with Crippen LogP contribution >= 0.6 is 0 Å². The number of hydrogen-bond acceptors (Lipinski definition) is 4. The highest BCUT2D eigenvalue weighted by Gasteiger charge is 2.39. The van der Waals surface area contributed by atoms with Crippen molar-refractivity contribution in [3.05, 3.63) is 59.7 Å². The van der Waals surface area contributed by atoms with E-state index in [9.17, 15) is 13.2 Å². The predicted octanol–water partition coefficient (Wildman–Crippen LogP) is 2.65. The van der Waals surface area contributed by atoms with E-state index in [2.05, 4.69) is 11.4 Å². The van der Waals surface area contributed by atoms with Gasteiger partial charge in [0.05, 0.1) is 11.4 Å². The Morgan fingerprint density at radius 2 is 1.82 bits per heavy atom.